The predicted octanol–water partition coefficient (Wildman–Crippen LogP) is 2.99. The summed E-state index contributed by atoms with van der Waals surface area (Å²) in [7, 11) is 1.86. The van der Waals surface area contributed by atoms with Crippen molar-refractivity contribution in [2.24, 2.45) is 7.05 Å². The van der Waals surface area contributed by atoms with Gasteiger partial charge < -0.3 is 4.90 Å². The Balaban J connectivity index is 1.82. The van der Waals surface area contributed by atoms with Gasteiger partial charge in [0.15, 0.2) is 0 Å². The predicted molar refractivity (Wildman–Crippen MR) is 93.6 cm³/mol. The van der Waals surface area contributed by atoms with Crippen LogP contribution in [0.3, 0.4) is 0 Å². The van der Waals surface area contributed by atoms with Gasteiger partial charge in [-0.2, -0.15) is 5.10 Å². The van der Waals surface area contributed by atoms with Crippen molar-refractivity contribution in [1.82, 2.24) is 24.6 Å². The highest BCUT2D eigenvalue weighted by Gasteiger charge is 2.22. The summed E-state index contributed by atoms with van der Waals surface area (Å²) >= 11 is 1.45. The molecular weight excluding hydrogens is 322 g/mol. The Hall–Kier alpha value is -2.54. The maximum absolute atomic E-state index is 12.9. The lowest BCUT2D eigenvalue weighted by Crippen LogP contribution is -2.36. The van der Waals surface area contributed by atoms with Gasteiger partial charge in [0.2, 0.25) is 0 Å². The van der Waals surface area contributed by atoms with Gasteiger partial charge in [-0.05, 0) is 26.0 Å². The summed E-state index contributed by atoms with van der Waals surface area (Å²) in [6.07, 6.45) is 5.38. The standard InChI is InChI=1S/C17H19N5OS/c1-12(2)22(10-14-6-4-5-7-18-14)17(23)15-11-24-16(20-15)13-8-19-21(3)9-13/h4-9,11-12H,10H2,1-3H3. The molecule has 0 aromatic carbocycles. The summed E-state index contributed by atoms with van der Waals surface area (Å²) < 4.78 is 1.72. The molecule has 0 aliphatic rings. The van der Waals surface area contributed by atoms with E-state index in [9.17, 15) is 4.79 Å². The molecule has 6 nitrogen and oxygen atoms in total. The first-order chi connectivity index (χ1) is 11.5. The fraction of sp³-hybridized carbons (Fsp3) is 0.294. The minimum atomic E-state index is -0.0814. The summed E-state index contributed by atoms with van der Waals surface area (Å²) in [5.41, 5.74) is 2.24. The first-order valence-corrected chi connectivity index (χ1v) is 8.58. The van der Waals surface area contributed by atoms with Gasteiger partial charge in [-0.25, -0.2) is 4.98 Å². The number of nitrogens with zero attached hydrogens (tertiary/aromatic N) is 5. The zero-order chi connectivity index (χ0) is 17.1. The number of carbonyl (C=O) groups is 1. The maximum atomic E-state index is 12.9. The number of hydrogen-bond donors (Lipinski definition) is 0. The molecule has 0 unspecified atom stereocenters. The molecule has 0 aliphatic heterocycles. The van der Waals surface area contributed by atoms with Crippen LogP contribution in [0.25, 0.3) is 10.6 Å². The third kappa shape index (κ3) is 3.51. The highest BCUT2D eigenvalue weighted by molar-refractivity contribution is 7.13. The Kier molecular flexibility index (Phi) is 4.71. The summed E-state index contributed by atoms with van der Waals surface area (Å²) in [5.74, 6) is -0.0814. The molecule has 3 rings (SSSR count). The van der Waals surface area contributed by atoms with Gasteiger partial charge in [0.1, 0.15) is 10.7 Å². The van der Waals surface area contributed by atoms with Crippen LogP contribution in [0.2, 0.25) is 0 Å². The molecule has 0 saturated heterocycles. The second kappa shape index (κ2) is 6.92. The molecule has 3 aromatic heterocycles. The minimum Gasteiger partial charge on any atom is -0.329 e. The van der Waals surface area contributed by atoms with Crippen LogP contribution in [0.4, 0.5) is 0 Å². The quantitative estimate of drug-likeness (QED) is 0.716. The van der Waals surface area contributed by atoms with E-state index in [2.05, 4.69) is 15.1 Å². The van der Waals surface area contributed by atoms with E-state index in [0.29, 0.717) is 12.2 Å². The average Bonchev–Trinajstić information content (AvgIpc) is 3.21. The first kappa shape index (κ1) is 16.3. The summed E-state index contributed by atoms with van der Waals surface area (Å²) in [6.45, 7) is 4.46. The summed E-state index contributed by atoms with van der Waals surface area (Å²) in [4.78, 5) is 23.4. The molecule has 0 aliphatic carbocycles. The number of aryl methyl sites for hydroxylation is 1. The van der Waals surface area contributed by atoms with E-state index in [4.69, 9.17) is 0 Å². The Labute approximate surface area is 144 Å². The van der Waals surface area contributed by atoms with Crippen molar-refractivity contribution < 1.29 is 4.79 Å². The van der Waals surface area contributed by atoms with Gasteiger partial charge >= 0.3 is 0 Å². The number of rotatable bonds is 5. The average molecular weight is 341 g/mol. The van der Waals surface area contributed by atoms with Gasteiger partial charge in [0, 0.05) is 36.4 Å². The molecular formula is C17H19N5OS. The molecule has 0 saturated carbocycles. The van der Waals surface area contributed by atoms with E-state index in [1.165, 1.54) is 11.3 Å². The zero-order valence-electron chi connectivity index (χ0n) is 13.9. The van der Waals surface area contributed by atoms with Crippen molar-refractivity contribution in [2.45, 2.75) is 26.4 Å². The van der Waals surface area contributed by atoms with Gasteiger partial charge in [0.25, 0.3) is 5.91 Å². The Morgan fingerprint density at radius 2 is 2.21 bits per heavy atom. The Bertz CT molecular complexity index is 824. The van der Waals surface area contributed by atoms with E-state index >= 15 is 0 Å². The third-order valence-electron chi connectivity index (χ3n) is 3.62. The molecule has 0 radical (unpaired) electrons. The van der Waals surface area contributed by atoms with Crippen LogP contribution < -0.4 is 0 Å². The van der Waals surface area contributed by atoms with Crippen LogP contribution in [0.15, 0.2) is 42.2 Å². The third-order valence-corrected chi connectivity index (χ3v) is 4.51. The molecule has 0 fully saturated rings. The van der Waals surface area contributed by atoms with Crippen molar-refractivity contribution in [1.29, 1.82) is 0 Å². The smallest absolute Gasteiger partial charge is 0.273 e. The van der Waals surface area contributed by atoms with Crippen molar-refractivity contribution in [3.05, 3.63) is 53.6 Å². The van der Waals surface area contributed by atoms with Crippen molar-refractivity contribution in [3.8, 4) is 10.6 Å². The van der Waals surface area contributed by atoms with Crippen molar-refractivity contribution in [2.75, 3.05) is 0 Å². The Morgan fingerprint density at radius 1 is 1.38 bits per heavy atom. The number of thiazole rings is 1. The monoisotopic (exact) mass is 341 g/mol. The van der Waals surface area contributed by atoms with Crippen LogP contribution in [-0.2, 0) is 13.6 Å². The molecule has 3 heterocycles. The maximum Gasteiger partial charge on any atom is 0.273 e. The lowest BCUT2D eigenvalue weighted by molar-refractivity contribution is 0.0682. The SMILES string of the molecule is CC(C)N(Cc1ccccn1)C(=O)c1csc(-c2cnn(C)c2)n1. The van der Waals surface area contributed by atoms with Crippen LogP contribution >= 0.6 is 11.3 Å². The van der Waals surface area contributed by atoms with E-state index in [-0.39, 0.29) is 11.9 Å². The molecule has 0 bridgehead atoms. The second-order valence-electron chi connectivity index (χ2n) is 5.79. The van der Waals surface area contributed by atoms with Gasteiger partial charge in [-0.1, -0.05) is 6.07 Å². The molecule has 0 atom stereocenters. The highest BCUT2D eigenvalue weighted by atomic mass is 32.1. The lowest BCUT2D eigenvalue weighted by Gasteiger charge is -2.25. The molecule has 0 spiro atoms. The molecule has 24 heavy (non-hydrogen) atoms. The molecule has 1 amide bonds. The van der Waals surface area contributed by atoms with E-state index in [1.807, 2.05) is 45.3 Å². The molecule has 3 aromatic rings. The van der Waals surface area contributed by atoms with Gasteiger partial charge in [-0.3, -0.25) is 14.5 Å². The van der Waals surface area contributed by atoms with E-state index in [0.717, 1.165) is 16.3 Å². The number of hydrogen-bond acceptors (Lipinski definition) is 5. The minimum absolute atomic E-state index is 0.0584. The number of amides is 1. The van der Waals surface area contributed by atoms with E-state index < -0.39 is 0 Å². The molecule has 7 heteroatoms. The first-order valence-electron chi connectivity index (χ1n) is 7.70. The largest absolute Gasteiger partial charge is 0.329 e. The number of aromatic nitrogens is 4. The van der Waals surface area contributed by atoms with Gasteiger partial charge in [-0.15, -0.1) is 11.3 Å². The summed E-state index contributed by atoms with van der Waals surface area (Å²) in [6, 6.07) is 5.77. The topological polar surface area (TPSA) is 63.9 Å². The van der Waals surface area contributed by atoms with Crippen LogP contribution in [0, 0.1) is 0 Å². The summed E-state index contributed by atoms with van der Waals surface area (Å²) in [5, 5.41) is 6.75. The van der Waals surface area contributed by atoms with Crippen molar-refractivity contribution in [3.63, 3.8) is 0 Å². The fourth-order valence-electron chi connectivity index (χ4n) is 2.34. The van der Waals surface area contributed by atoms with Crippen LogP contribution in [0.1, 0.15) is 30.0 Å². The van der Waals surface area contributed by atoms with E-state index in [1.54, 1.807) is 27.4 Å². The fourth-order valence-corrected chi connectivity index (χ4v) is 3.11. The van der Waals surface area contributed by atoms with Crippen LogP contribution in [0.5, 0.6) is 0 Å². The van der Waals surface area contributed by atoms with Crippen LogP contribution in [-0.4, -0.2) is 36.6 Å². The van der Waals surface area contributed by atoms with Gasteiger partial charge in [0.05, 0.1) is 18.4 Å². The van der Waals surface area contributed by atoms with Crippen molar-refractivity contribution >= 4 is 17.2 Å². The normalized spacial score (nSPS) is 11.0. The molecule has 124 valence electrons. The number of carbonyl (C=O) groups excluding carboxylic acids is 1. The zero-order valence-corrected chi connectivity index (χ0v) is 14.7. The number of pyridine rings is 1. The highest BCUT2D eigenvalue weighted by Crippen LogP contribution is 2.24. The molecule has 0 N–H and O–H groups in total. The lowest BCUT2D eigenvalue weighted by atomic mass is 10.2. The Morgan fingerprint density at radius 3 is 2.83 bits per heavy atom. The second-order valence-corrected chi connectivity index (χ2v) is 6.65.